The van der Waals surface area contributed by atoms with Gasteiger partial charge in [0, 0.05) is 10.8 Å². The minimum atomic E-state index is -0.695. The molecule has 0 spiro atoms. The highest BCUT2D eigenvalue weighted by Gasteiger charge is 2.68. The molecule has 2 aliphatic rings. The van der Waals surface area contributed by atoms with E-state index in [0.717, 1.165) is 16.9 Å². The summed E-state index contributed by atoms with van der Waals surface area (Å²) in [5.41, 5.74) is 1.13. The first-order valence-electron chi connectivity index (χ1n) is 7.36. The van der Waals surface area contributed by atoms with Gasteiger partial charge in [-0.05, 0) is 24.1 Å². The zero-order chi connectivity index (χ0) is 15.2. The van der Waals surface area contributed by atoms with Gasteiger partial charge in [-0.3, -0.25) is 14.9 Å². The lowest BCUT2D eigenvalue weighted by Crippen LogP contribution is -2.54. The van der Waals surface area contributed by atoms with Gasteiger partial charge in [0.15, 0.2) is 0 Å². The quantitative estimate of drug-likeness (QED) is 0.887. The van der Waals surface area contributed by atoms with E-state index in [1.54, 1.807) is 0 Å². The molecule has 1 saturated heterocycles. The molecule has 2 unspecified atom stereocenters. The molecule has 110 valence electrons. The molecule has 2 aromatic carbocycles. The molecule has 2 aromatic rings. The van der Waals surface area contributed by atoms with E-state index in [1.807, 2.05) is 60.7 Å². The maximum absolute atomic E-state index is 12.6. The van der Waals surface area contributed by atoms with E-state index in [0.29, 0.717) is 0 Å². The number of thioether (sulfide) groups is 1. The zero-order valence-electron chi connectivity index (χ0n) is 11.9. The second-order valence-corrected chi connectivity index (χ2v) is 7.13. The van der Waals surface area contributed by atoms with Crippen molar-refractivity contribution in [2.45, 2.75) is 22.0 Å². The lowest BCUT2D eigenvalue weighted by atomic mass is 9.62. The molecular formula is C18H15NO2S. The van der Waals surface area contributed by atoms with Gasteiger partial charge in [-0.1, -0.05) is 48.5 Å². The Balaban J connectivity index is 1.76. The molecule has 1 aliphatic heterocycles. The van der Waals surface area contributed by atoms with Gasteiger partial charge in [0.2, 0.25) is 11.8 Å². The minimum absolute atomic E-state index is 0.0790. The van der Waals surface area contributed by atoms with Crippen LogP contribution in [0.2, 0.25) is 0 Å². The third-order valence-corrected chi connectivity index (χ3v) is 6.25. The summed E-state index contributed by atoms with van der Waals surface area (Å²) in [5, 5.41) is 2.54. The molecule has 3 nitrogen and oxygen atoms in total. The van der Waals surface area contributed by atoms with Gasteiger partial charge in [-0.2, -0.15) is 0 Å². The number of amides is 2. The molecule has 0 bridgehead atoms. The second-order valence-electron chi connectivity index (χ2n) is 5.78. The van der Waals surface area contributed by atoms with Crippen molar-refractivity contribution in [3.05, 3.63) is 66.2 Å². The fourth-order valence-electron chi connectivity index (χ4n) is 3.52. The number of imide groups is 1. The van der Waals surface area contributed by atoms with Crippen molar-refractivity contribution in [3.63, 3.8) is 0 Å². The Morgan fingerprint density at radius 3 is 2.18 bits per heavy atom. The fourth-order valence-corrected chi connectivity index (χ4v) is 5.07. The van der Waals surface area contributed by atoms with E-state index in [2.05, 4.69) is 5.32 Å². The highest BCUT2D eigenvalue weighted by atomic mass is 32.2. The van der Waals surface area contributed by atoms with Crippen molar-refractivity contribution in [2.75, 3.05) is 0 Å². The summed E-state index contributed by atoms with van der Waals surface area (Å²) in [6, 6.07) is 19.9. The SMILES string of the molecule is O=C1NC(=O)C2(Sc3ccccc3)C(c3ccccc3)C[C@H]12. The van der Waals surface area contributed by atoms with Gasteiger partial charge < -0.3 is 0 Å². The smallest absolute Gasteiger partial charge is 0.244 e. The van der Waals surface area contributed by atoms with Crippen LogP contribution >= 0.6 is 11.8 Å². The molecule has 1 heterocycles. The van der Waals surface area contributed by atoms with E-state index in [9.17, 15) is 9.59 Å². The number of carbonyl (C=O) groups is 2. The van der Waals surface area contributed by atoms with Crippen molar-refractivity contribution in [1.82, 2.24) is 5.32 Å². The monoisotopic (exact) mass is 309 g/mol. The molecule has 3 atom stereocenters. The Bertz CT molecular complexity index is 731. The number of hydrogen-bond donors (Lipinski definition) is 1. The zero-order valence-corrected chi connectivity index (χ0v) is 12.7. The Hall–Kier alpha value is -2.07. The summed E-state index contributed by atoms with van der Waals surface area (Å²) in [6.45, 7) is 0. The van der Waals surface area contributed by atoms with Crippen LogP contribution in [-0.2, 0) is 9.59 Å². The van der Waals surface area contributed by atoms with Crippen LogP contribution in [0.25, 0.3) is 0 Å². The number of rotatable bonds is 3. The summed E-state index contributed by atoms with van der Waals surface area (Å²) in [6.07, 6.45) is 0.738. The highest BCUT2D eigenvalue weighted by molar-refractivity contribution is 8.01. The first-order chi connectivity index (χ1) is 10.7. The normalized spacial score (nSPS) is 29.6. The van der Waals surface area contributed by atoms with Crippen LogP contribution in [-0.4, -0.2) is 16.6 Å². The minimum Gasteiger partial charge on any atom is -0.295 e. The standard InChI is InChI=1S/C18H15NO2S/c20-16-15-11-14(12-7-3-1-4-8-12)18(15,17(21)19-16)22-13-9-5-2-6-10-13/h1-10,14-15H,11H2,(H,19,20,21)/t14?,15-,18?/m1/s1. The van der Waals surface area contributed by atoms with Gasteiger partial charge in [0.05, 0.1) is 5.92 Å². The summed E-state index contributed by atoms with van der Waals surface area (Å²) >= 11 is 1.53. The Morgan fingerprint density at radius 1 is 0.909 bits per heavy atom. The third-order valence-electron chi connectivity index (χ3n) is 4.65. The van der Waals surface area contributed by atoms with Crippen LogP contribution in [0, 0.1) is 5.92 Å². The largest absolute Gasteiger partial charge is 0.295 e. The first-order valence-corrected chi connectivity index (χ1v) is 8.18. The predicted molar refractivity (Wildman–Crippen MR) is 85.5 cm³/mol. The van der Waals surface area contributed by atoms with Crippen molar-refractivity contribution in [3.8, 4) is 0 Å². The maximum Gasteiger partial charge on any atom is 0.244 e. The summed E-state index contributed by atoms with van der Waals surface area (Å²) < 4.78 is -0.695. The van der Waals surface area contributed by atoms with E-state index >= 15 is 0 Å². The fraction of sp³-hybridized carbons (Fsp3) is 0.222. The van der Waals surface area contributed by atoms with Crippen LogP contribution in [0.15, 0.2) is 65.6 Å². The molecule has 1 saturated carbocycles. The van der Waals surface area contributed by atoms with Gasteiger partial charge in [0.1, 0.15) is 4.75 Å². The van der Waals surface area contributed by atoms with Crippen LogP contribution < -0.4 is 5.32 Å². The summed E-state index contributed by atoms with van der Waals surface area (Å²) in [5.74, 6) is -0.414. The van der Waals surface area contributed by atoms with Crippen LogP contribution in [0.3, 0.4) is 0 Å². The number of nitrogens with one attached hydrogen (secondary N) is 1. The molecule has 22 heavy (non-hydrogen) atoms. The van der Waals surface area contributed by atoms with Crippen LogP contribution in [0.4, 0.5) is 0 Å². The molecule has 4 rings (SSSR count). The topological polar surface area (TPSA) is 46.2 Å². The molecular weight excluding hydrogens is 294 g/mol. The maximum atomic E-state index is 12.6. The molecule has 0 aromatic heterocycles. The molecule has 0 radical (unpaired) electrons. The van der Waals surface area contributed by atoms with Crippen LogP contribution in [0.5, 0.6) is 0 Å². The number of carbonyl (C=O) groups excluding carboxylic acids is 2. The number of fused-ring (bicyclic) bond motifs is 1. The van der Waals surface area contributed by atoms with Gasteiger partial charge in [0.25, 0.3) is 0 Å². The molecule has 1 N–H and O–H groups in total. The molecule has 2 fully saturated rings. The average molecular weight is 309 g/mol. The Labute approximate surface area is 133 Å². The number of hydrogen-bond acceptors (Lipinski definition) is 3. The van der Waals surface area contributed by atoms with E-state index in [-0.39, 0.29) is 23.7 Å². The van der Waals surface area contributed by atoms with Gasteiger partial charge in [-0.15, -0.1) is 11.8 Å². The third kappa shape index (κ3) is 1.83. The van der Waals surface area contributed by atoms with Crippen molar-refractivity contribution < 1.29 is 9.59 Å². The molecule has 2 amide bonds. The molecule has 4 heteroatoms. The van der Waals surface area contributed by atoms with Crippen LogP contribution in [0.1, 0.15) is 17.9 Å². The molecule has 1 aliphatic carbocycles. The highest BCUT2D eigenvalue weighted by Crippen LogP contribution is 2.62. The van der Waals surface area contributed by atoms with E-state index < -0.39 is 4.75 Å². The summed E-state index contributed by atoms with van der Waals surface area (Å²) in [4.78, 5) is 25.7. The number of benzene rings is 2. The average Bonchev–Trinajstić information content (AvgIpc) is 2.69. The van der Waals surface area contributed by atoms with Crippen molar-refractivity contribution >= 4 is 23.6 Å². The Morgan fingerprint density at radius 2 is 1.55 bits per heavy atom. The van der Waals surface area contributed by atoms with Crippen molar-refractivity contribution in [1.29, 1.82) is 0 Å². The lowest BCUT2D eigenvalue weighted by molar-refractivity contribution is -0.125. The van der Waals surface area contributed by atoms with E-state index in [1.165, 1.54) is 11.8 Å². The lowest BCUT2D eigenvalue weighted by Gasteiger charge is -2.48. The second kappa shape index (κ2) is 4.99. The van der Waals surface area contributed by atoms with Crippen molar-refractivity contribution in [2.24, 2.45) is 5.92 Å². The van der Waals surface area contributed by atoms with Gasteiger partial charge >= 0.3 is 0 Å². The Kier molecular flexibility index (Phi) is 3.08. The van der Waals surface area contributed by atoms with E-state index in [4.69, 9.17) is 0 Å². The van der Waals surface area contributed by atoms with Gasteiger partial charge in [-0.25, -0.2) is 0 Å². The predicted octanol–water partition coefficient (Wildman–Crippen LogP) is 2.98. The summed E-state index contributed by atoms with van der Waals surface area (Å²) in [7, 11) is 0. The first kappa shape index (κ1) is 13.6.